The summed E-state index contributed by atoms with van der Waals surface area (Å²) >= 11 is 0. The summed E-state index contributed by atoms with van der Waals surface area (Å²) in [5, 5.41) is 2.99. The van der Waals surface area contributed by atoms with Crippen molar-refractivity contribution in [1.29, 1.82) is 0 Å². The number of benzene rings is 1. The first-order valence-corrected chi connectivity index (χ1v) is 7.66. The van der Waals surface area contributed by atoms with Crippen molar-refractivity contribution in [3.63, 3.8) is 0 Å². The maximum Gasteiger partial charge on any atom is 0.224 e. The van der Waals surface area contributed by atoms with Crippen LogP contribution in [0.25, 0.3) is 0 Å². The lowest BCUT2D eigenvalue weighted by Gasteiger charge is -2.07. The third-order valence-electron chi connectivity index (χ3n) is 4.00. The Labute approximate surface area is 135 Å². The SMILES string of the molecule is COCOc1ccc(C2CC2C(=O)NCc2ccncc2)cc1. The van der Waals surface area contributed by atoms with Gasteiger partial charge >= 0.3 is 0 Å². The zero-order valence-corrected chi connectivity index (χ0v) is 13.1. The summed E-state index contributed by atoms with van der Waals surface area (Å²) < 4.78 is 10.2. The maximum atomic E-state index is 12.2. The Hall–Kier alpha value is -2.40. The Morgan fingerprint density at radius 2 is 1.96 bits per heavy atom. The molecule has 0 spiro atoms. The van der Waals surface area contributed by atoms with E-state index in [1.54, 1.807) is 19.5 Å². The van der Waals surface area contributed by atoms with E-state index in [-0.39, 0.29) is 18.6 Å². The third-order valence-corrected chi connectivity index (χ3v) is 4.00. The molecule has 1 N–H and O–H groups in total. The van der Waals surface area contributed by atoms with E-state index in [0.717, 1.165) is 17.7 Å². The fraction of sp³-hybridized carbons (Fsp3) is 0.333. The van der Waals surface area contributed by atoms with E-state index in [4.69, 9.17) is 9.47 Å². The van der Waals surface area contributed by atoms with Gasteiger partial charge in [0.2, 0.25) is 5.91 Å². The average Bonchev–Trinajstić information content (AvgIpc) is 3.40. The molecule has 0 saturated heterocycles. The number of pyridine rings is 1. The number of rotatable bonds is 7. The molecular weight excluding hydrogens is 292 g/mol. The molecule has 1 aliphatic carbocycles. The van der Waals surface area contributed by atoms with Crippen LogP contribution in [0.1, 0.15) is 23.5 Å². The Morgan fingerprint density at radius 3 is 2.65 bits per heavy atom. The number of nitrogens with zero attached hydrogens (tertiary/aromatic N) is 1. The molecule has 2 unspecified atom stereocenters. The van der Waals surface area contributed by atoms with Crippen LogP contribution in [0.2, 0.25) is 0 Å². The van der Waals surface area contributed by atoms with Crippen LogP contribution in [0, 0.1) is 5.92 Å². The largest absolute Gasteiger partial charge is 0.468 e. The number of aromatic nitrogens is 1. The second kappa shape index (κ2) is 7.24. The summed E-state index contributed by atoms with van der Waals surface area (Å²) in [7, 11) is 1.59. The lowest BCUT2D eigenvalue weighted by Crippen LogP contribution is -2.24. The second-order valence-electron chi connectivity index (χ2n) is 5.64. The Balaban J connectivity index is 1.49. The molecule has 0 aliphatic heterocycles. The average molecular weight is 312 g/mol. The van der Waals surface area contributed by atoms with Gasteiger partial charge in [-0.25, -0.2) is 0 Å². The number of hydrogen-bond donors (Lipinski definition) is 1. The van der Waals surface area contributed by atoms with Crippen molar-refractivity contribution in [3.8, 4) is 5.75 Å². The van der Waals surface area contributed by atoms with Crippen LogP contribution in [-0.2, 0) is 16.1 Å². The molecular formula is C18H20N2O3. The molecule has 2 atom stereocenters. The van der Waals surface area contributed by atoms with E-state index in [1.807, 2.05) is 36.4 Å². The lowest BCUT2D eigenvalue weighted by atomic mass is 10.1. The number of nitrogens with one attached hydrogen (secondary N) is 1. The molecule has 1 fully saturated rings. The summed E-state index contributed by atoms with van der Waals surface area (Å²) in [6.07, 6.45) is 4.36. The highest BCUT2D eigenvalue weighted by Gasteiger charge is 2.43. The summed E-state index contributed by atoms with van der Waals surface area (Å²) in [6, 6.07) is 11.7. The van der Waals surface area contributed by atoms with Gasteiger partial charge in [-0.1, -0.05) is 12.1 Å². The molecule has 2 aromatic rings. The molecule has 1 aromatic carbocycles. The molecule has 0 radical (unpaired) electrons. The smallest absolute Gasteiger partial charge is 0.224 e. The number of methoxy groups -OCH3 is 1. The van der Waals surface area contributed by atoms with Crippen LogP contribution in [0.15, 0.2) is 48.8 Å². The predicted octanol–water partition coefficient (Wildman–Crippen LogP) is 2.48. The number of carbonyl (C=O) groups is 1. The van der Waals surface area contributed by atoms with E-state index in [9.17, 15) is 4.79 Å². The monoisotopic (exact) mass is 312 g/mol. The molecule has 23 heavy (non-hydrogen) atoms. The molecule has 3 rings (SSSR count). The summed E-state index contributed by atoms with van der Waals surface area (Å²) in [4.78, 5) is 16.2. The van der Waals surface area contributed by atoms with E-state index in [2.05, 4.69) is 10.3 Å². The predicted molar refractivity (Wildman–Crippen MR) is 85.9 cm³/mol. The number of amides is 1. The molecule has 1 heterocycles. The van der Waals surface area contributed by atoms with Crippen LogP contribution >= 0.6 is 0 Å². The number of hydrogen-bond acceptors (Lipinski definition) is 4. The normalized spacial score (nSPS) is 19.2. The molecule has 5 heteroatoms. The molecule has 1 saturated carbocycles. The van der Waals surface area contributed by atoms with Gasteiger partial charge in [0.25, 0.3) is 0 Å². The number of ether oxygens (including phenoxy) is 2. The van der Waals surface area contributed by atoms with Crippen LogP contribution in [0.5, 0.6) is 5.75 Å². The Kier molecular flexibility index (Phi) is 4.88. The first-order valence-electron chi connectivity index (χ1n) is 7.66. The molecule has 0 bridgehead atoms. The van der Waals surface area contributed by atoms with Crippen molar-refractivity contribution >= 4 is 5.91 Å². The minimum atomic E-state index is 0.0718. The molecule has 1 aliphatic rings. The van der Waals surface area contributed by atoms with Crippen molar-refractivity contribution in [3.05, 3.63) is 59.9 Å². The van der Waals surface area contributed by atoms with Gasteiger partial charge in [-0.05, 0) is 47.7 Å². The Morgan fingerprint density at radius 1 is 1.22 bits per heavy atom. The van der Waals surface area contributed by atoms with E-state index in [1.165, 1.54) is 5.56 Å². The quantitative estimate of drug-likeness (QED) is 0.798. The topological polar surface area (TPSA) is 60.5 Å². The molecule has 1 amide bonds. The van der Waals surface area contributed by atoms with Crippen LogP contribution in [0.3, 0.4) is 0 Å². The maximum absolute atomic E-state index is 12.2. The third kappa shape index (κ3) is 4.07. The minimum Gasteiger partial charge on any atom is -0.468 e. The molecule has 120 valence electrons. The van der Waals surface area contributed by atoms with E-state index < -0.39 is 0 Å². The lowest BCUT2D eigenvalue weighted by molar-refractivity contribution is -0.122. The standard InChI is InChI=1S/C18H20N2O3/c1-22-12-23-15-4-2-14(3-5-15)16-10-17(16)18(21)20-11-13-6-8-19-9-7-13/h2-9,16-17H,10-12H2,1H3,(H,20,21). The van der Waals surface area contributed by atoms with Gasteiger partial charge in [0.15, 0.2) is 6.79 Å². The van der Waals surface area contributed by atoms with E-state index >= 15 is 0 Å². The van der Waals surface area contributed by atoms with Crippen molar-refractivity contribution in [1.82, 2.24) is 10.3 Å². The van der Waals surface area contributed by atoms with Gasteiger partial charge in [0, 0.05) is 32.0 Å². The molecule has 5 nitrogen and oxygen atoms in total. The fourth-order valence-electron chi connectivity index (χ4n) is 2.61. The Bertz CT molecular complexity index is 643. The van der Waals surface area contributed by atoms with Gasteiger partial charge in [0.05, 0.1) is 0 Å². The summed E-state index contributed by atoms with van der Waals surface area (Å²) in [5.41, 5.74) is 2.24. The minimum absolute atomic E-state index is 0.0718. The zero-order chi connectivity index (χ0) is 16.1. The summed E-state index contributed by atoms with van der Waals surface area (Å²) in [6.45, 7) is 0.789. The number of carbonyl (C=O) groups excluding carboxylic acids is 1. The van der Waals surface area contributed by atoms with Gasteiger partial charge in [-0.3, -0.25) is 9.78 Å². The van der Waals surface area contributed by atoms with Crippen molar-refractivity contribution in [2.24, 2.45) is 5.92 Å². The first-order chi connectivity index (χ1) is 11.3. The van der Waals surface area contributed by atoms with Gasteiger partial charge in [0.1, 0.15) is 5.75 Å². The van der Waals surface area contributed by atoms with Crippen LogP contribution in [-0.4, -0.2) is 24.8 Å². The summed E-state index contributed by atoms with van der Waals surface area (Å²) in [5.74, 6) is 1.27. The van der Waals surface area contributed by atoms with Gasteiger partial charge < -0.3 is 14.8 Å². The highest BCUT2D eigenvalue weighted by atomic mass is 16.7. The van der Waals surface area contributed by atoms with Crippen molar-refractivity contribution in [2.75, 3.05) is 13.9 Å². The van der Waals surface area contributed by atoms with Gasteiger partial charge in [-0.2, -0.15) is 0 Å². The fourth-order valence-corrected chi connectivity index (χ4v) is 2.61. The highest BCUT2D eigenvalue weighted by molar-refractivity contribution is 5.82. The second-order valence-corrected chi connectivity index (χ2v) is 5.64. The highest BCUT2D eigenvalue weighted by Crippen LogP contribution is 2.47. The first kappa shape index (κ1) is 15.5. The molecule has 1 aromatic heterocycles. The van der Waals surface area contributed by atoms with Crippen LogP contribution in [0.4, 0.5) is 0 Å². The van der Waals surface area contributed by atoms with E-state index in [0.29, 0.717) is 12.5 Å². The zero-order valence-electron chi connectivity index (χ0n) is 13.1. The van der Waals surface area contributed by atoms with Crippen LogP contribution < -0.4 is 10.1 Å². The van der Waals surface area contributed by atoms with Crippen molar-refractivity contribution < 1.29 is 14.3 Å². The van der Waals surface area contributed by atoms with Crippen molar-refractivity contribution in [2.45, 2.75) is 18.9 Å². The van der Waals surface area contributed by atoms with Gasteiger partial charge in [-0.15, -0.1) is 0 Å².